The number of aromatic nitrogens is 3. The molecule has 0 aliphatic carbocycles. The standard InChI is InChI=1S/C16H25N5O3/c1-5-14(22)17-10-12-11-21(19-18-12)13-6-8-20(9-7-13)15(23)24-16(2,3)4/h5,11,13H,1,6-10H2,2-4H3,(H,17,22). The van der Waals surface area contributed by atoms with Crippen LogP contribution in [0.4, 0.5) is 4.79 Å². The average Bonchev–Trinajstić information content (AvgIpc) is 3.00. The lowest BCUT2D eigenvalue weighted by molar-refractivity contribution is -0.116. The number of nitrogens with zero attached hydrogens (tertiary/aromatic N) is 4. The topological polar surface area (TPSA) is 89.4 Å². The molecule has 132 valence electrons. The molecule has 2 heterocycles. The van der Waals surface area contributed by atoms with Gasteiger partial charge >= 0.3 is 6.09 Å². The number of amides is 2. The van der Waals surface area contributed by atoms with Gasteiger partial charge in [0.15, 0.2) is 0 Å². The summed E-state index contributed by atoms with van der Waals surface area (Å²) >= 11 is 0. The lowest BCUT2D eigenvalue weighted by Crippen LogP contribution is -2.42. The monoisotopic (exact) mass is 335 g/mol. The van der Waals surface area contributed by atoms with E-state index in [1.807, 2.05) is 31.6 Å². The minimum atomic E-state index is -0.482. The van der Waals surface area contributed by atoms with Gasteiger partial charge in [-0.3, -0.25) is 4.79 Å². The molecule has 1 aromatic rings. The molecule has 1 N–H and O–H groups in total. The molecule has 2 rings (SSSR count). The smallest absolute Gasteiger partial charge is 0.410 e. The van der Waals surface area contributed by atoms with Crippen molar-refractivity contribution in [3.63, 3.8) is 0 Å². The maximum absolute atomic E-state index is 12.1. The van der Waals surface area contributed by atoms with E-state index in [4.69, 9.17) is 4.74 Å². The van der Waals surface area contributed by atoms with Crippen molar-refractivity contribution in [3.8, 4) is 0 Å². The highest BCUT2D eigenvalue weighted by Crippen LogP contribution is 2.23. The second-order valence-corrected chi connectivity index (χ2v) is 6.81. The Balaban J connectivity index is 1.84. The zero-order valence-electron chi connectivity index (χ0n) is 14.5. The third-order valence-corrected chi connectivity index (χ3v) is 3.68. The quantitative estimate of drug-likeness (QED) is 0.845. The van der Waals surface area contributed by atoms with E-state index in [0.29, 0.717) is 25.3 Å². The van der Waals surface area contributed by atoms with Crippen LogP contribution in [0.15, 0.2) is 18.9 Å². The lowest BCUT2D eigenvalue weighted by atomic mass is 10.1. The van der Waals surface area contributed by atoms with Crippen LogP contribution in [-0.4, -0.2) is 50.6 Å². The largest absolute Gasteiger partial charge is 0.444 e. The van der Waals surface area contributed by atoms with Crippen molar-refractivity contribution in [3.05, 3.63) is 24.5 Å². The van der Waals surface area contributed by atoms with Gasteiger partial charge in [-0.15, -0.1) is 5.10 Å². The van der Waals surface area contributed by atoms with Crippen LogP contribution in [0.5, 0.6) is 0 Å². The first-order chi connectivity index (χ1) is 11.3. The molecule has 1 saturated heterocycles. The molecular formula is C16H25N5O3. The van der Waals surface area contributed by atoms with Gasteiger partial charge < -0.3 is 15.0 Å². The summed E-state index contributed by atoms with van der Waals surface area (Å²) in [6.07, 6.45) is 4.36. The Bertz CT molecular complexity index is 597. The summed E-state index contributed by atoms with van der Waals surface area (Å²) in [7, 11) is 0. The van der Waals surface area contributed by atoms with E-state index in [0.717, 1.165) is 12.8 Å². The van der Waals surface area contributed by atoms with Gasteiger partial charge in [-0.05, 0) is 39.7 Å². The summed E-state index contributed by atoms with van der Waals surface area (Å²) in [6, 6.07) is 0.194. The third-order valence-electron chi connectivity index (χ3n) is 3.68. The second-order valence-electron chi connectivity index (χ2n) is 6.81. The molecule has 1 aliphatic rings. The first-order valence-electron chi connectivity index (χ1n) is 8.07. The van der Waals surface area contributed by atoms with Gasteiger partial charge in [0.1, 0.15) is 11.3 Å². The Morgan fingerprint density at radius 2 is 2.08 bits per heavy atom. The van der Waals surface area contributed by atoms with Crippen LogP contribution in [0.3, 0.4) is 0 Å². The fraction of sp³-hybridized carbons (Fsp3) is 0.625. The zero-order valence-corrected chi connectivity index (χ0v) is 14.5. The molecule has 0 aromatic carbocycles. The second kappa shape index (κ2) is 7.46. The van der Waals surface area contributed by atoms with Crippen molar-refractivity contribution in [2.24, 2.45) is 0 Å². The van der Waals surface area contributed by atoms with E-state index in [-0.39, 0.29) is 18.0 Å². The van der Waals surface area contributed by atoms with Crippen molar-refractivity contribution >= 4 is 12.0 Å². The Morgan fingerprint density at radius 3 is 2.67 bits per heavy atom. The number of hydrogen-bond acceptors (Lipinski definition) is 5. The molecule has 24 heavy (non-hydrogen) atoms. The van der Waals surface area contributed by atoms with Crippen LogP contribution >= 0.6 is 0 Å². The number of carbonyl (C=O) groups excluding carboxylic acids is 2. The number of likely N-dealkylation sites (tertiary alicyclic amines) is 1. The van der Waals surface area contributed by atoms with Crippen LogP contribution in [0.25, 0.3) is 0 Å². The maximum atomic E-state index is 12.1. The van der Waals surface area contributed by atoms with E-state index in [1.54, 1.807) is 4.90 Å². The van der Waals surface area contributed by atoms with E-state index in [1.165, 1.54) is 6.08 Å². The number of hydrogen-bond donors (Lipinski definition) is 1. The zero-order chi connectivity index (χ0) is 17.7. The van der Waals surface area contributed by atoms with Crippen molar-refractivity contribution < 1.29 is 14.3 Å². The van der Waals surface area contributed by atoms with Crippen molar-refractivity contribution in [2.75, 3.05) is 13.1 Å². The van der Waals surface area contributed by atoms with E-state index < -0.39 is 5.60 Å². The molecule has 0 saturated carbocycles. The predicted octanol–water partition coefficient (Wildman–Crippen LogP) is 1.65. The summed E-state index contributed by atoms with van der Waals surface area (Å²) in [5, 5.41) is 10.9. The van der Waals surface area contributed by atoms with Gasteiger partial charge in [-0.1, -0.05) is 11.8 Å². The first kappa shape index (κ1) is 18.0. The summed E-state index contributed by atoms with van der Waals surface area (Å²) < 4.78 is 7.20. The summed E-state index contributed by atoms with van der Waals surface area (Å²) in [5.74, 6) is -0.241. The van der Waals surface area contributed by atoms with Crippen molar-refractivity contribution in [2.45, 2.75) is 51.8 Å². The van der Waals surface area contributed by atoms with Gasteiger partial charge in [-0.2, -0.15) is 0 Å². The number of carbonyl (C=O) groups is 2. The average molecular weight is 335 g/mol. The maximum Gasteiger partial charge on any atom is 0.410 e. The molecule has 2 amide bonds. The Labute approximate surface area is 141 Å². The molecule has 0 radical (unpaired) electrons. The van der Waals surface area contributed by atoms with Crippen LogP contribution in [0.1, 0.15) is 45.3 Å². The van der Waals surface area contributed by atoms with Crippen LogP contribution in [0, 0.1) is 0 Å². The highest BCUT2D eigenvalue weighted by molar-refractivity contribution is 5.86. The molecule has 1 fully saturated rings. The van der Waals surface area contributed by atoms with Crippen LogP contribution < -0.4 is 5.32 Å². The number of rotatable bonds is 4. The molecule has 1 aromatic heterocycles. The fourth-order valence-electron chi connectivity index (χ4n) is 2.46. The van der Waals surface area contributed by atoms with Gasteiger partial charge in [0.2, 0.25) is 5.91 Å². The molecule has 0 unspecified atom stereocenters. The highest BCUT2D eigenvalue weighted by Gasteiger charge is 2.28. The molecule has 0 spiro atoms. The number of nitrogens with one attached hydrogen (secondary N) is 1. The Morgan fingerprint density at radius 1 is 1.42 bits per heavy atom. The fourth-order valence-corrected chi connectivity index (χ4v) is 2.46. The third kappa shape index (κ3) is 5.07. The first-order valence-corrected chi connectivity index (χ1v) is 8.07. The van der Waals surface area contributed by atoms with Gasteiger partial charge in [0.05, 0.1) is 18.8 Å². The van der Waals surface area contributed by atoms with Crippen molar-refractivity contribution in [1.29, 1.82) is 0 Å². The molecule has 0 atom stereocenters. The van der Waals surface area contributed by atoms with Crippen molar-refractivity contribution in [1.82, 2.24) is 25.2 Å². The van der Waals surface area contributed by atoms with E-state index >= 15 is 0 Å². The number of piperidine rings is 1. The Kier molecular flexibility index (Phi) is 5.58. The Hall–Kier alpha value is -2.38. The highest BCUT2D eigenvalue weighted by atomic mass is 16.6. The van der Waals surface area contributed by atoms with Gasteiger partial charge in [0, 0.05) is 13.1 Å². The SMILES string of the molecule is C=CC(=O)NCc1cn(C2CCN(C(=O)OC(C)(C)C)CC2)nn1. The summed E-state index contributed by atoms with van der Waals surface area (Å²) in [6.45, 7) is 10.6. The molecule has 8 heteroatoms. The predicted molar refractivity (Wildman–Crippen MR) is 88.1 cm³/mol. The minimum Gasteiger partial charge on any atom is -0.444 e. The molecule has 8 nitrogen and oxygen atoms in total. The van der Waals surface area contributed by atoms with Gasteiger partial charge in [-0.25, -0.2) is 9.48 Å². The van der Waals surface area contributed by atoms with E-state index in [9.17, 15) is 9.59 Å². The normalized spacial score (nSPS) is 15.9. The lowest BCUT2D eigenvalue weighted by Gasteiger charge is -2.33. The molecular weight excluding hydrogens is 310 g/mol. The summed E-state index contributed by atoms with van der Waals surface area (Å²) in [5.41, 5.74) is 0.213. The molecule has 1 aliphatic heterocycles. The minimum absolute atomic E-state index is 0.194. The van der Waals surface area contributed by atoms with Crippen LogP contribution in [-0.2, 0) is 16.1 Å². The van der Waals surface area contributed by atoms with Gasteiger partial charge in [0.25, 0.3) is 0 Å². The summed E-state index contributed by atoms with van der Waals surface area (Å²) in [4.78, 5) is 24.9. The molecule has 0 bridgehead atoms. The van der Waals surface area contributed by atoms with E-state index in [2.05, 4.69) is 22.2 Å². The van der Waals surface area contributed by atoms with Crippen LogP contribution in [0.2, 0.25) is 0 Å². The number of ether oxygens (including phenoxy) is 1.